The zero-order valence-electron chi connectivity index (χ0n) is 14.1. The van der Waals surface area contributed by atoms with Crippen LogP contribution in [0.3, 0.4) is 0 Å². The number of aromatic nitrogens is 1. The molecule has 0 spiro atoms. The fraction of sp³-hybridized carbons (Fsp3) is 0.100. The van der Waals surface area contributed by atoms with E-state index >= 15 is 0 Å². The number of amides is 1. The topological polar surface area (TPSA) is 77.2 Å². The average molecular weight is 370 g/mol. The number of benzene rings is 2. The molecule has 0 aliphatic carbocycles. The molecule has 0 aliphatic rings. The third-order valence-corrected chi connectivity index (χ3v) is 3.70. The molecule has 5 nitrogen and oxygen atoms in total. The first kappa shape index (κ1) is 19.4. The number of halogens is 1. The molecule has 0 fully saturated rings. The summed E-state index contributed by atoms with van der Waals surface area (Å²) in [5.41, 5.74) is 8.79. The fourth-order valence-corrected chi connectivity index (χ4v) is 2.37. The predicted octanol–water partition coefficient (Wildman–Crippen LogP) is 3.79. The van der Waals surface area contributed by atoms with Crippen molar-refractivity contribution in [1.82, 2.24) is 4.98 Å². The van der Waals surface area contributed by atoms with Crippen molar-refractivity contribution in [1.29, 1.82) is 0 Å². The highest BCUT2D eigenvalue weighted by Crippen LogP contribution is 2.23. The summed E-state index contributed by atoms with van der Waals surface area (Å²) in [7, 11) is 0. The maximum absolute atomic E-state index is 12.6. The zero-order valence-corrected chi connectivity index (χ0v) is 14.9. The summed E-state index contributed by atoms with van der Waals surface area (Å²) < 4.78 is 5.90. The quantitative estimate of drug-likeness (QED) is 0.693. The molecule has 0 aliphatic heterocycles. The van der Waals surface area contributed by atoms with Gasteiger partial charge in [-0.2, -0.15) is 0 Å². The smallest absolute Gasteiger partial charge is 0.259 e. The van der Waals surface area contributed by atoms with Crippen molar-refractivity contribution in [2.75, 3.05) is 5.32 Å². The van der Waals surface area contributed by atoms with Gasteiger partial charge in [-0.05, 0) is 35.4 Å². The number of rotatable bonds is 6. The number of hydrogen-bond donors (Lipinski definition) is 2. The van der Waals surface area contributed by atoms with Gasteiger partial charge in [-0.1, -0.05) is 36.4 Å². The van der Waals surface area contributed by atoms with Crippen molar-refractivity contribution in [2.24, 2.45) is 5.73 Å². The molecule has 3 N–H and O–H groups in total. The number of nitrogens with one attached hydrogen (secondary N) is 1. The number of pyridine rings is 1. The lowest BCUT2D eigenvalue weighted by atomic mass is 10.1. The van der Waals surface area contributed by atoms with Crippen LogP contribution in [-0.4, -0.2) is 10.9 Å². The Morgan fingerprint density at radius 2 is 1.73 bits per heavy atom. The molecule has 0 radical (unpaired) electrons. The molecule has 0 bridgehead atoms. The highest BCUT2D eigenvalue weighted by Gasteiger charge is 2.14. The highest BCUT2D eigenvalue weighted by atomic mass is 35.5. The summed E-state index contributed by atoms with van der Waals surface area (Å²) in [6.07, 6.45) is 3.25. The Kier molecular flexibility index (Phi) is 7.14. The van der Waals surface area contributed by atoms with Crippen LogP contribution in [0.25, 0.3) is 0 Å². The summed E-state index contributed by atoms with van der Waals surface area (Å²) in [5, 5.41) is 2.84. The third kappa shape index (κ3) is 5.05. The molecular weight excluding hydrogens is 350 g/mol. The van der Waals surface area contributed by atoms with Gasteiger partial charge in [0.25, 0.3) is 5.91 Å². The molecule has 3 rings (SSSR count). The minimum Gasteiger partial charge on any atom is -0.488 e. The summed E-state index contributed by atoms with van der Waals surface area (Å²) in [6, 6.07) is 18.6. The van der Waals surface area contributed by atoms with E-state index < -0.39 is 0 Å². The van der Waals surface area contributed by atoms with Gasteiger partial charge in [-0.25, -0.2) is 0 Å². The Morgan fingerprint density at radius 3 is 2.42 bits per heavy atom. The van der Waals surface area contributed by atoms with Crippen LogP contribution in [0.15, 0.2) is 73.1 Å². The fourth-order valence-electron chi connectivity index (χ4n) is 2.37. The Bertz CT molecular complexity index is 842. The molecule has 1 aromatic heterocycles. The van der Waals surface area contributed by atoms with E-state index in [0.717, 1.165) is 11.1 Å². The van der Waals surface area contributed by atoms with E-state index in [-0.39, 0.29) is 18.3 Å². The van der Waals surface area contributed by atoms with Gasteiger partial charge < -0.3 is 15.8 Å². The number of nitrogens with two attached hydrogens (primary N) is 1. The Morgan fingerprint density at radius 1 is 1.00 bits per heavy atom. The van der Waals surface area contributed by atoms with Crippen molar-refractivity contribution >= 4 is 24.0 Å². The van der Waals surface area contributed by atoms with E-state index in [9.17, 15) is 4.79 Å². The van der Waals surface area contributed by atoms with Crippen LogP contribution in [0.5, 0.6) is 5.75 Å². The molecule has 0 unspecified atom stereocenters. The van der Waals surface area contributed by atoms with E-state index in [2.05, 4.69) is 10.3 Å². The number of nitrogens with zero attached hydrogens (tertiary/aromatic N) is 1. The van der Waals surface area contributed by atoms with Crippen LogP contribution in [0, 0.1) is 0 Å². The molecular formula is C20H20ClN3O2. The molecule has 26 heavy (non-hydrogen) atoms. The second-order valence-corrected chi connectivity index (χ2v) is 5.50. The molecule has 0 atom stereocenters. The van der Waals surface area contributed by atoms with Gasteiger partial charge in [0.1, 0.15) is 12.4 Å². The van der Waals surface area contributed by atoms with Gasteiger partial charge in [0.2, 0.25) is 0 Å². The summed E-state index contributed by atoms with van der Waals surface area (Å²) >= 11 is 0. The van der Waals surface area contributed by atoms with Crippen LogP contribution in [0.1, 0.15) is 21.5 Å². The lowest BCUT2D eigenvalue weighted by Crippen LogP contribution is -2.14. The van der Waals surface area contributed by atoms with Gasteiger partial charge >= 0.3 is 0 Å². The van der Waals surface area contributed by atoms with Crippen LogP contribution >= 0.6 is 12.4 Å². The van der Waals surface area contributed by atoms with Crippen LogP contribution in [0.4, 0.5) is 5.69 Å². The second-order valence-electron chi connectivity index (χ2n) is 5.50. The predicted molar refractivity (Wildman–Crippen MR) is 105 cm³/mol. The first-order chi connectivity index (χ1) is 12.3. The molecule has 0 saturated heterocycles. The molecule has 6 heteroatoms. The third-order valence-electron chi connectivity index (χ3n) is 3.70. The summed E-state index contributed by atoms with van der Waals surface area (Å²) in [4.78, 5) is 16.5. The lowest BCUT2D eigenvalue weighted by molar-refractivity contribution is 0.102. The van der Waals surface area contributed by atoms with Crippen molar-refractivity contribution in [3.8, 4) is 5.75 Å². The maximum Gasteiger partial charge on any atom is 0.259 e. The minimum atomic E-state index is -0.238. The number of carbonyl (C=O) groups is 1. The second kappa shape index (κ2) is 9.56. The van der Waals surface area contributed by atoms with E-state index in [4.69, 9.17) is 10.5 Å². The molecule has 3 aromatic rings. The number of ether oxygens (including phenoxy) is 1. The highest BCUT2D eigenvalue weighted by molar-refractivity contribution is 6.06. The van der Waals surface area contributed by atoms with Gasteiger partial charge in [0, 0.05) is 24.6 Å². The molecule has 1 heterocycles. The van der Waals surface area contributed by atoms with E-state index in [1.54, 1.807) is 30.6 Å². The van der Waals surface area contributed by atoms with Crippen molar-refractivity contribution in [2.45, 2.75) is 13.2 Å². The summed E-state index contributed by atoms with van der Waals surface area (Å²) in [6.45, 7) is 0.762. The largest absolute Gasteiger partial charge is 0.488 e. The van der Waals surface area contributed by atoms with Crippen molar-refractivity contribution < 1.29 is 9.53 Å². The number of carbonyl (C=O) groups excluding carboxylic acids is 1. The first-order valence-electron chi connectivity index (χ1n) is 7.97. The van der Waals surface area contributed by atoms with E-state index in [0.29, 0.717) is 30.2 Å². The summed E-state index contributed by atoms with van der Waals surface area (Å²) in [5.74, 6) is 0.274. The minimum absolute atomic E-state index is 0. The molecule has 2 aromatic carbocycles. The Balaban J connectivity index is 0.00000243. The van der Waals surface area contributed by atoms with Crippen LogP contribution < -0.4 is 15.8 Å². The van der Waals surface area contributed by atoms with Gasteiger partial charge in [0.05, 0.1) is 5.56 Å². The average Bonchev–Trinajstić information content (AvgIpc) is 2.67. The maximum atomic E-state index is 12.6. The van der Waals surface area contributed by atoms with Gasteiger partial charge in [0.15, 0.2) is 0 Å². The van der Waals surface area contributed by atoms with Crippen LogP contribution in [0.2, 0.25) is 0 Å². The standard InChI is InChI=1S/C20H19N3O2.ClH/c21-13-16-6-7-18(20(24)23-17-8-10-22-11-9-17)19(12-16)25-14-15-4-2-1-3-5-15;/h1-12H,13-14,21H2,(H,22,23,24);1H. The van der Waals surface area contributed by atoms with Crippen molar-refractivity contribution in [3.63, 3.8) is 0 Å². The van der Waals surface area contributed by atoms with Crippen molar-refractivity contribution in [3.05, 3.63) is 89.7 Å². The zero-order chi connectivity index (χ0) is 17.5. The first-order valence-corrected chi connectivity index (χ1v) is 7.97. The van der Waals surface area contributed by atoms with Gasteiger partial charge in [-0.3, -0.25) is 9.78 Å². The van der Waals surface area contributed by atoms with E-state index in [1.807, 2.05) is 42.5 Å². The van der Waals surface area contributed by atoms with E-state index in [1.165, 1.54) is 0 Å². The SMILES string of the molecule is Cl.NCc1ccc(C(=O)Nc2ccncc2)c(OCc2ccccc2)c1. The van der Waals surface area contributed by atoms with Crippen LogP contribution in [-0.2, 0) is 13.2 Å². The molecule has 134 valence electrons. The van der Waals surface area contributed by atoms with Gasteiger partial charge in [-0.15, -0.1) is 12.4 Å². The Labute approximate surface area is 158 Å². The normalized spacial score (nSPS) is 9.88. The lowest BCUT2D eigenvalue weighted by Gasteiger charge is -2.13. The number of anilines is 1. The molecule has 1 amide bonds. The Hall–Kier alpha value is -2.89. The monoisotopic (exact) mass is 369 g/mol. The molecule has 0 saturated carbocycles. The number of hydrogen-bond acceptors (Lipinski definition) is 4.